The van der Waals surface area contributed by atoms with E-state index in [0.717, 1.165) is 15.8 Å². The largest absolute Gasteiger partial charge is 0.319 e. The van der Waals surface area contributed by atoms with Crippen molar-refractivity contribution in [2.75, 3.05) is 0 Å². The number of sulfone groups is 1. The van der Waals surface area contributed by atoms with E-state index in [4.69, 9.17) is 0 Å². The average molecular weight is 389 g/mol. The molecule has 3 aromatic rings. The molecule has 0 saturated carbocycles. The molecule has 0 spiro atoms. The molecule has 0 aliphatic rings. The van der Waals surface area contributed by atoms with Gasteiger partial charge in [0.05, 0.1) is 20.4 Å². The number of hydrogen-bond donors (Lipinski definition) is 0. The van der Waals surface area contributed by atoms with Gasteiger partial charge in [-0.05, 0) is 56.7 Å². The highest BCUT2D eigenvalue weighted by Crippen LogP contribution is 2.20. The van der Waals surface area contributed by atoms with Crippen LogP contribution in [0.15, 0.2) is 52.4 Å². The molecule has 0 N–H and O–H groups in total. The molecule has 26 heavy (non-hydrogen) atoms. The number of fused-ring (bicyclic) bond motifs is 1. The number of amides is 1. The maximum absolute atomic E-state index is 12.5. The van der Waals surface area contributed by atoms with E-state index in [1.54, 1.807) is 13.8 Å². The molecular weight excluding hydrogens is 368 g/mol. The number of rotatable bonds is 3. The maximum atomic E-state index is 12.5. The van der Waals surface area contributed by atoms with Gasteiger partial charge in [0.1, 0.15) is 0 Å². The third-order valence-electron chi connectivity index (χ3n) is 4.27. The van der Waals surface area contributed by atoms with Crippen molar-refractivity contribution >= 4 is 37.3 Å². The zero-order valence-electron chi connectivity index (χ0n) is 15.1. The minimum Gasteiger partial charge on any atom is -0.319 e. The second kappa shape index (κ2) is 6.81. The maximum Gasteiger partial charge on any atom is 0.279 e. The van der Waals surface area contributed by atoms with Gasteiger partial charge in [0.15, 0.2) is 14.6 Å². The zero-order valence-corrected chi connectivity index (χ0v) is 16.7. The lowest BCUT2D eigenvalue weighted by molar-refractivity contribution is 0.0998. The number of hydrogen-bond acceptors (Lipinski definition) is 4. The number of thiazole rings is 1. The summed E-state index contributed by atoms with van der Waals surface area (Å²) >= 11 is 1.45. The van der Waals surface area contributed by atoms with Crippen molar-refractivity contribution in [1.82, 2.24) is 4.57 Å². The van der Waals surface area contributed by atoms with Gasteiger partial charge in [-0.1, -0.05) is 23.5 Å². The summed E-state index contributed by atoms with van der Waals surface area (Å²) in [7, 11) is -1.47. The number of nitrogens with zero attached hydrogens (tertiary/aromatic N) is 2. The van der Waals surface area contributed by atoms with Crippen LogP contribution in [0.3, 0.4) is 0 Å². The fourth-order valence-corrected chi connectivity index (χ4v) is 4.87. The van der Waals surface area contributed by atoms with Crippen LogP contribution in [0.2, 0.25) is 0 Å². The molecule has 0 radical (unpaired) electrons. The number of carbonyl (C=O) groups is 1. The summed E-state index contributed by atoms with van der Waals surface area (Å²) < 4.78 is 27.3. The smallest absolute Gasteiger partial charge is 0.279 e. The summed E-state index contributed by atoms with van der Waals surface area (Å²) in [5.74, 6) is -0.390. The SMILES string of the molecule is Cc1cccc2sc(=NC(=O)c3ccc(S(=O)(=O)C(C)C)cc3)n(C)c12. The molecule has 5 nitrogen and oxygen atoms in total. The van der Waals surface area contributed by atoms with Crippen LogP contribution in [0.1, 0.15) is 29.8 Å². The normalized spacial score (nSPS) is 12.9. The second-order valence-corrected chi connectivity index (χ2v) is 9.91. The van der Waals surface area contributed by atoms with E-state index in [1.165, 1.54) is 35.6 Å². The Balaban J connectivity index is 2.00. The van der Waals surface area contributed by atoms with Crippen molar-refractivity contribution in [2.24, 2.45) is 12.0 Å². The van der Waals surface area contributed by atoms with Gasteiger partial charge in [0, 0.05) is 12.6 Å². The van der Waals surface area contributed by atoms with Gasteiger partial charge < -0.3 is 4.57 Å². The second-order valence-electron chi connectivity index (χ2n) is 6.40. The molecule has 1 heterocycles. The molecule has 0 aliphatic carbocycles. The van der Waals surface area contributed by atoms with Crippen LogP contribution in [-0.2, 0) is 16.9 Å². The molecule has 1 amide bonds. The molecule has 0 fully saturated rings. The van der Waals surface area contributed by atoms with E-state index in [9.17, 15) is 13.2 Å². The minimum atomic E-state index is -3.35. The highest BCUT2D eigenvalue weighted by molar-refractivity contribution is 7.92. The fourth-order valence-electron chi connectivity index (χ4n) is 2.72. The number of para-hydroxylation sites is 1. The molecule has 0 saturated heterocycles. The Hall–Kier alpha value is -2.25. The number of benzene rings is 2. The molecule has 0 aliphatic heterocycles. The summed E-state index contributed by atoms with van der Waals surface area (Å²) in [5, 5.41) is -0.505. The van der Waals surface area contributed by atoms with E-state index in [1.807, 2.05) is 36.7 Å². The Morgan fingerprint density at radius 1 is 1.12 bits per heavy atom. The summed E-state index contributed by atoms with van der Waals surface area (Å²) in [5.41, 5.74) is 2.54. The van der Waals surface area contributed by atoms with Gasteiger partial charge in [0.2, 0.25) is 0 Å². The Labute approximate surface area is 156 Å². The third kappa shape index (κ3) is 3.24. The zero-order chi connectivity index (χ0) is 19.1. The average Bonchev–Trinajstić information content (AvgIpc) is 2.92. The van der Waals surface area contributed by atoms with Crippen molar-refractivity contribution in [1.29, 1.82) is 0 Å². The molecule has 0 unspecified atom stereocenters. The lowest BCUT2D eigenvalue weighted by atomic mass is 10.2. The van der Waals surface area contributed by atoms with Crippen LogP contribution in [0.5, 0.6) is 0 Å². The first-order chi connectivity index (χ1) is 12.2. The summed E-state index contributed by atoms with van der Waals surface area (Å²) in [6, 6.07) is 12.0. The summed E-state index contributed by atoms with van der Waals surface area (Å²) in [6.45, 7) is 5.29. The highest BCUT2D eigenvalue weighted by atomic mass is 32.2. The Kier molecular flexibility index (Phi) is 4.86. The van der Waals surface area contributed by atoms with Crippen molar-refractivity contribution in [3.8, 4) is 0 Å². The first-order valence-electron chi connectivity index (χ1n) is 8.20. The van der Waals surface area contributed by atoms with Gasteiger partial charge in [-0.15, -0.1) is 0 Å². The van der Waals surface area contributed by atoms with E-state index in [2.05, 4.69) is 4.99 Å². The molecule has 1 aromatic heterocycles. The lowest BCUT2D eigenvalue weighted by Gasteiger charge is -2.07. The van der Waals surface area contributed by atoms with E-state index < -0.39 is 21.0 Å². The van der Waals surface area contributed by atoms with Crippen molar-refractivity contribution in [3.05, 3.63) is 58.4 Å². The van der Waals surface area contributed by atoms with Crippen LogP contribution in [-0.4, -0.2) is 24.1 Å². The van der Waals surface area contributed by atoms with Gasteiger partial charge in [-0.2, -0.15) is 4.99 Å². The topological polar surface area (TPSA) is 68.5 Å². The van der Waals surface area contributed by atoms with Gasteiger partial charge >= 0.3 is 0 Å². The monoisotopic (exact) mass is 388 g/mol. The molecular formula is C19H20N2O3S2. The quantitative estimate of drug-likeness (QED) is 0.690. The van der Waals surface area contributed by atoms with Crippen LogP contribution in [0.4, 0.5) is 0 Å². The van der Waals surface area contributed by atoms with Gasteiger partial charge in [-0.25, -0.2) is 8.42 Å². The Morgan fingerprint density at radius 3 is 2.35 bits per heavy atom. The Morgan fingerprint density at radius 2 is 1.77 bits per heavy atom. The van der Waals surface area contributed by atoms with Crippen molar-refractivity contribution in [2.45, 2.75) is 30.9 Å². The predicted molar refractivity (Wildman–Crippen MR) is 104 cm³/mol. The van der Waals surface area contributed by atoms with E-state index in [-0.39, 0.29) is 4.90 Å². The molecule has 0 atom stereocenters. The van der Waals surface area contributed by atoms with Crippen molar-refractivity contribution < 1.29 is 13.2 Å². The van der Waals surface area contributed by atoms with Crippen LogP contribution in [0, 0.1) is 6.92 Å². The first kappa shape index (κ1) is 18.5. The van der Waals surface area contributed by atoms with E-state index >= 15 is 0 Å². The van der Waals surface area contributed by atoms with Crippen LogP contribution in [0.25, 0.3) is 10.2 Å². The van der Waals surface area contributed by atoms with Gasteiger partial charge in [-0.3, -0.25) is 4.79 Å². The number of aromatic nitrogens is 1. The minimum absolute atomic E-state index is 0.215. The molecule has 7 heteroatoms. The number of aryl methyl sites for hydroxylation is 2. The standard InChI is InChI=1S/C19H20N2O3S2/c1-12(2)26(23,24)15-10-8-14(9-11-15)18(22)20-19-21(4)17-13(3)6-5-7-16(17)25-19/h5-12H,1-4H3. The number of carbonyl (C=O) groups excluding carboxylic acids is 1. The van der Waals surface area contributed by atoms with E-state index in [0.29, 0.717) is 10.4 Å². The summed E-state index contributed by atoms with van der Waals surface area (Å²) in [4.78, 5) is 17.6. The molecule has 0 bridgehead atoms. The highest BCUT2D eigenvalue weighted by Gasteiger charge is 2.19. The third-order valence-corrected chi connectivity index (χ3v) is 7.54. The van der Waals surface area contributed by atoms with Crippen molar-refractivity contribution in [3.63, 3.8) is 0 Å². The summed E-state index contributed by atoms with van der Waals surface area (Å²) in [6.07, 6.45) is 0. The fraction of sp³-hybridized carbons (Fsp3) is 0.263. The predicted octanol–water partition coefficient (Wildman–Crippen LogP) is 3.47. The lowest BCUT2D eigenvalue weighted by Crippen LogP contribution is -2.15. The van der Waals surface area contributed by atoms with Gasteiger partial charge in [0.25, 0.3) is 5.91 Å². The molecule has 3 rings (SSSR count). The van der Waals surface area contributed by atoms with Crippen LogP contribution >= 0.6 is 11.3 Å². The molecule has 2 aromatic carbocycles. The first-order valence-corrected chi connectivity index (χ1v) is 10.6. The Bertz CT molecular complexity index is 1150. The molecule has 136 valence electrons. The van der Waals surface area contributed by atoms with Crippen LogP contribution < -0.4 is 4.80 Å².